The number of nitrogens with zero attached hydrogens (tertiary/aromatic N) is 5. The molecular formula is C124H127N5S5. The van der Waals surface area contributed by atoms with Gasteiger partial charge in [0.1, 0.15) is 11.0 Å². The van der Waals surface area contributed by atoms with E-state index in [1.807, 2.05) is 45.3 Å². The Hall–Kier alpha value is -12.1. The molecule has 0 aliphatic heterocycles. The highest BCUT2D eigenvalue weighted by Crippen LogP contribution is 2.53. The molecule has 5 heterocycles. The van der Waals surface area contributed by atoms with E-state index in [0.717, 1.165) is 46.6 Å². The van der Waals surface area contributed by atoms with Crippen LogP contribution in [0.2, 0.25) is 0 Å². The van der Waals surface area contributed by atoms with Gasteiger partial charge in [-0.3, -0.25) is 0 Å². The number of hydrogen-bond acceptors (Lipinski definition) is 10. The highest BCUT2D eigenvalue weighted by Gasteiger charge is 2.37. The second-order valence-corrected chi connectivity index (χ2v) is 43.1. The van der Waals surface area contributed by atoms with Crippen molar-refractivity contribution < 1.29 is 0 Å². The van der Waals surface area contributed by atoms with Crippen LogP contribution in [0.1, 0.15) is 198 Å². The van der Waals surface area contributed by atoms with Crippen molar-refractivity contribution in [3.05, 3.63) is 420 Å². The number of anilines is 9. The Morgan fingerprint density at radius 3 is 0.784 bits per heavy atom. The van der Waals surface area contributed by atoms with Crippen molar-refractivity contribution in [3.63, 3.8) is 0 Å². The van der Waals surface area contributed by atoms with Crippen molar-refractivity contribution in [2.24, 2.45) is 0 Å². The zero-order chi connectivity index (χ0) is 94.2. The van der Waals surface area contributed by atoms with Crippen LogP contribution < -0.4 is 14.7 Å². The van der Waals surface area contributed by atoms with E-state index >= 15 is 0 Å². The first-order valence-corrected chi connectivity index (χ1v) is 51.7. The maximum absolute atomic E-state index is 4.73. The first kappa shape index (κ1) is 95.1. The van der Waals surface area contributed by atoms with Crippen LogP contribution in [0.25, 0.3) is 73.7 Å². The molecule has 18 aromatic rings. The fourth-order valence-electron chi connectivity index (χ4n) is 18.5. The Kier molecular flexibility index (Phi) is 29.6. The van der Waals surface area contributed by atoms with Gasteiger partial charge in [0.2, 0.25) is 0 Å². The van der Waals surface area contributed by atoms with E-state index in [1.54, 1.807) is 0 Å². The summed E-state index contributed by atoms with van der Waals surface area (Å²) in [6, 6.07) is 116. The van der Waals surface area contributed by atoms with Gasteiger partial charge in [-0.2, -0.15) is 8.75 Å². The van der Waals surface area contributed by atoms with Gasteiger partial charge in [0, 0.05) is 112 Å². The maximum Gasteiger partial charge on any atom is 0.114 e. The lowest BCUT2D eigenvalue weighted by atomic mass is 9.81. The van der Waals surface area contributed by atoms with Crippen LogP contribution in [0.4, 0.5) is 51.2 Å². The van der Waals surface area contributed by atoms with Crippen molar-refractivity contribution in [3.8, 4) is 62.6 Å². The minimum absolute atomic E-state index is 0.142. The molecule has 5 nitrogen and oxygen atoms in total. The second kappa shape index (κ2) is 41.8. The summed E-state index contributed by atoms with van der Waals surface area (Å²) in [7, 11) is 0. The molecular weight excluding hydrogens is 1720 g/mol. The van der Waals surface area contributed by atoms with Gasteiger partial charge in [-0.25, -0.2) is 0 Å². The summed E-state index contributed by atoms with van der Waals surface area (Å²) in [6.45, 7) is 44.3. The van der Waals surface area contributed by atoms with Gasteiger partial charge < -0.3 is 14.7 Å². The Balaban J connectivity index is 0.000000127. The van der Waals surface area contributed by atoms with E-state index in [2.05, 4.69) is 469 Å². The van der Waals surface area contributed by atoms with Gasteiger partial charge in [0.25, 0.3) is 0 Å². The Morgan fingerprint density at radius 2 is 0.522 bits per heavy atom. The number of hydrogen-bond donors (Lipinski definition) is 0. The Labute approximate surface area is 818 Å². The minimum Gasteiger partial charge on any atom is -0.311 e. The summed E-state index contributed by atoms with van der Waals surface area (Å²) in [4.78, 5) is 17.6. The van der Waals surface area contributed by atoms with Crippen LogP contribution in [0, 0.1) is 83.1 Å². The average Bonchev–Trinajstić information content (AvgIpc) is 1.58. The molecule has 0 radical (unpaired) electrons. The van der Waals surface area contributed by atoms with E-state index in [-0.39, 0.29) is 10.8 Å². The zero-order valence-electron chi connectivity index (χ0n) is 81.8. The second-order valence-electron chi connectivity index (χ2n) is 37.9. The molecule has 134 heavy (non-hydrogen) atoms. The van der Waals surface area contributed by atoms with Crippen LogP contribution in [0.5, 0.6) is 0 Å². The van der Waals surface area contributed by atoms with Gasteiger partial charge in [-0.15, -0.1) is 45.3 Å². The smallest absolute Gasteiger partial charge is 0.114 e. The number of benzene rings is 13. The predicted molar refractivity (Wildman–Crippen MR) is 588 cm³/mol. The monoisotopic (exact) mass is 1850 g/mol. The van der Waals surface area contributed by atoms with Crippen LogP contribution in [-0.2, 0) is 23.7 Å². The predicted octanol–water partition coefficient (Wildman–Crippen LogP) is 38.3. The summed E-state index contributed by atoms with van der Waals surface area (Å²) in [5.74, 6) is 0.598. The molecule has 1 atom stereocenters. The van der Waals surface area contributed by atoms with E-state index < -0.39 is 0 Å². The molecule has 2 aliphatic carbocycles. The molecule has 0 saturated carbocycles. The third-order valence-electron chi connectivity index (χ3n) is 26.6. The van der Waals surface area contributed by atoms with Crippen molar-refractivity contribution in [2.75, 3.05) is 14.7 Å². The lowest BCUT2D eigenvalue weighted by Gasteiger charge is -2.28. The fraction of sp³-hybridized carbons (Fsp3) is 0.242. The lowest BCUT2D eigenvalue weighted by Crippen LogP contribution is -2.15. The molecule has 0 bridgehead atoms. The first-order valence-electron chi connectivity index (χ1n) is 47.7. The topological polar surface area (TPSA) is 35.5 Å². The van der Waals surface area contributed by atoms with Gasteiger partial charge >= 0.3 is 0 Å². The molecule has 13 aromatic carbocycles. The van der Waals surface area contributed by atoms with E-state index in [4.69, 9.17) is 8.75 Å². The van der Waals surface area contributed by atoms with Gasteiger partial charge in [0.05, 0.1) is 11.7 Å². The molecule has 10 heteroatoms. The van der Waals surface area contributed by atoms with Gasteiger partial charge in [-0.05, 0) is 339 Å². The summed E-state index contributed by atoms with van der Waals surface area (Å²) < 4.78 is 9.47. The molecule has 20 rings (SSSR count). The summed E-state index contributed by atoms with van der Waals surface area (Å²) in [5, 5.41) is 0. The quantitative estimate of drug-likeness (QED) is 0.0716. The van der Waals surface area contributed by atoms with Gasteiger partial charge in [0.15, 0.2) is 0 Å². The van der Waals surface area contributed by atoms with Crippen LogP contribution in [-0.4, -0.2) is 8.75 Å². The number of aryl methyl sites for hydroxylation is 14. The molecule has 0 N–H and O–H groups in total. The number of aromatic nitrogens is 2. The first-order chi connectivity index (χ1) is 64.6. The minimum atomic E-state index is 0.142. The summed E-state index contributed by atoms with van der Waals surface area (Å²) >= 11 is 8.74. The third kappa shape index (κ3) is 21.2. The molecule has 5 aromatic heterocycles. The summed E-state index contributed by atoms with van der Waals surface area (Å²) in [6.07, 6.45) is 8.30. The number of unbranched alkanes of at least 4 members (excludes halogenated alkanes) is 2. The van der Waals surface area contributed by atoms with E-state index in [9.17, 15) is 0 Å². The standard InChI is InChI=1S/C40H44N2.C26H20N2S5.C24H27N.2C17H18/c1-5-7-9-33-15-23-37(24-16-33)41(35-19-11-31(3)12-20-35)39-27-29-40(30-28-39)42(36-21-13-32(4)14-22-36)38-25-17-34(18-26-38)10-8-6-2;1-13-11-21(31-25(13)19-9-5-15(3)29-19)17-7-8-18(24-23(17)27-33-28-24)22-12-14(2)26(32-22)20-10-6-16(4)30-20;1-5-20(4)21-10-16-24(17-11-21)25(22-12-6-18(2)7-13-22)23-14-8-19(3)9-15-23;2*1-11-5-7-13-14-8-6-12(2)10-16(14)17(3,4)15(13)9-11/h11-30H,5-10H2,1-4H3;5-12H,1-4H3;6-17,20H,5H2,1-4H3;2*5-10H,1-4H3. The van der Waals surface area contributed by atoms with Crippen LogP contribution in [0.15, 0.2) is 315 Å². The maximum atomic E-state index is 4.73. The fourth-order valence-corrected chi connectivity index (χ4v) is 23.5. The number of thiophene rings is 4. The molecule has 0 amide bonds. The Morgan fingerprint density at radius 1 is 0.269 bits per heavy atom. The molecule has 2 aliphatic rings. The normalized spacial score (nSPS) is 12.5. The molecule has 0 saturated heterocycles. The average molecular weight is 1850 g/mol. The highest BCUT2D eigenvalue weighted by molar-refractivity contribution is 7.24. The molecule has 0 fully saturated rings. The number of rotatable bonds is 21. The largest absolute Gasteiger partial charge is 0.311 e. The third-order valence-corrected chi connectivity index (χ3v) is 32.0. The SMILES string of the molecule is CCC(C)c1ccc(N(c2ccc(C)cc2)c2ccc(C)cc2)cc1.CCCCc1ccc(N(c2ccc(C)cc2)c2ccc(N(c3ccc(C)cc3)c3ccc(CCCC)cc3)cc2)cc1.Cc1ccc(-c2sc(-c3ccc(-c4cc(C)c(-c5ccc(C)s5)s4)c4nsnc34)cc2C)s1.Cc1ccc2c(c1)C(C)(C)c1cc(C)ccc1-2.Cc1ccc2c(c1)C(C)(C)c1cc(C)ccc1-2. The highest BCUT2D eigenvalue weighted by atomic mass is 32.1. The molecule has 1 unspecified atom stereocenters. The van der Waals surface area contributed by atoms with Crippen LogP contribution in [0.3, 0.4) is 0 Å². The number of fused-ring (bicyclic) bond motifs is 7. The van der Waals surface area contributed by atoms with E-state index in [0.29, 0.717) is 5.92 Å². The van der Waals surface area contributed by atoms with Crippen molar-refractivity contribution >= 4 is 119 Å². The lowest BCUT2D eigenvalue weighted by molar-refractivity contribution is 0.659. The van der Waals surface area contributed by atoms with Gasteiger partial charge in [-0.1, -0.05) is 283 Å². The van der Waals surface area contributed by atoms with Crippen LogP contribution >= 0.6 is 57.1 Å². The Bertz CT molecular complexity index is 6550. The molecule has 678 valence electrons. The molecule has 0 spiro atoms. The summed E-state index contributed by atoms with van der Waals surface area (Å²) in [5.41, 5.74) is 44.0. The van der Waals surface area contributed by atoms with E-state index in [1.165, 1.54) is 239 Å². The van der Waals surface area contributed by atoms with Crippen molar-refractivity contribution in [1.82, 2.24) is 8.75 Å². The van der Waals surface area contributed by atoms with Crippen molar-refractivity contribution in [2.45, 2.75) is 200 Å². The van der Waals surface area contributed by atoms with Crippen molar-refractivity contribution in [1.29, 1.82) is 0 Å². The zero-order valence-corrected chi connectivity index (χ0v) is 85.9.